The number of hydrogen-bond donors (Lipinski definition) is 3. The van der Waals surface area contributed by atoms with E-state index in [1.165, 1.54) is 0 Å². The summed E-state index contributed by atoms with van der Waals surface area (Å²) in [4.78, 5) is 8.95. The van der Waals surface area contributed by atoms with Gasteiger partial charge in [-0.05, 0) is 45.7 Å². The third-order valence-electron chi connectivity index (χ3n) is 3.79. The van der Waals surface area contributed by atoms with Crippen LogP contribution in [-0.2, 0) is 10.0 Å². The van der Waals surface area contributed by atoms with Crippen molar-refractivity contribution in [3.05, 3.63) is 40.7 Å². The molecule has 7 nitrogen and oxygen atoms in total. The Bertz CT molecular complexity index is 858. The minimum Gasteiger partial charge on any atom is -0.370 e. The molecule has 0 unspecified atom stereocenters. The fraction of sp³-hybridized carbons (Fsp3) is 0.444. The number of rotatable bonds is 8. The van der Waals surface area contributed by atoms with Crippen molar-refractivity contribution in [2.45, 2.75) is 39.5 Å². The fourth-order valence-corrected chi connectivity index (χ4v) is 4.45. The lowest BCUT2D eigenvalue weighted by Gasteiger charge is -2.14. The third kappa shape index (κ3) is 5.15. The summed E-state index contributed by atoms with van der Waals surface area (Å²) in [5.74, 6) is 2.06. The number of aromatic nitrogens is 2. The number of nitrogens with zero attached hydrogens (tertiary/aromatic N) is 2. The van der Waals surface area contributed by atoms with Gasteiger partial charge in [0.05, 0.1) is 4.90 Å². The van der Waals surface area contributed by atoms with Gasteiger partial charge in [-0.25, -0.2) is 23.1 Å². The van der Waals surface area contributed by atoms with Gasteiger partial charge < -0.3 is 10.6 Å². The quantitative estimate of drug-likeness (QED) is 0.612. The summed E-state index contributed by atoms with van der Waals surface area (Å²) < 4.78 is 27.9. The van der Waals surface area contributed by atoms with Crippen molar-refractivity contribution in [2.75, 3.05) is 30.3 Å². The van der Waals surface area contributed by atoms with Gasteiger partial charge in [0.2, 0.25) is 10.0 Å². The number of aryl methyl sites for hydroxylation is 4. The first-order chi connectivity index (χ1) is 12.2. The number of nitrogens with one attached hydrogen (secondary N) is 3. The molecule has 3 N–H and O–H groups in total. The highest BCUT2D eigenvalue weighted by Gasteiger charge is 2.19. The highest BCUT2D eigenvalue weighted by Crippen LogP contribution is 2.21. The third-order valence-corrected chi connectivity index (χ3v) is 5.56. The Balaban J connectivity index is 2.00. The van der Waals surface area contributed by atoms with Gasteiger partial charge in [0.25, 0.3) is 0 Å². The van der Waals surface area contributed by atoms with Crippen LogP contribution in [-0.4, -0.2) is 38.0 Å². The van der Waals surface area contributed by atoms with Crippen LogP contribution in [0, 0.1) is 27.7 Å². The average molecular weight is 378 g/mol. The van der Waals surface area contributed by atoms with Gasteiger partial charge in [-0.15, -0.1) is 0 Å². The van der Waals surface area contributed by atoms with Crippen LogP contribution >= 0.6 is 0 Å². The van der Waals surface area contributed by atoms with Crippen LogP contribution < -0.4 is 15.4 Å². The van der Waals surface area contributed by atoms with E-state index in [2.05, 4.69) is 25.3 Å². The lowest BCUT2D eigenvalue weighted by molar-refractivity contribution is 0.581. The Hall–Kier alpha value is -2.19. The molecule has 0 saturated heterocycles. The van der Waals surface area contributed by atoms with Crippen molar-refractivity contribution < 1.29 is 8.42 Å². The van der Waals surface area contributed by atoms with E-state index in [0.29, 0.717) is 23.1 Å². The van der Waals surface area contributed by atoms with E-state index in [4.69, 9.17) is 0 Å². The van der Waals surface area contributed by atoms with Crippen LogP contribution in [0.1, 0.15) is 29.4 Å². The van der Waals surface area contributed by atoms with E-state index in [1.807, 2.05) is 46.8 Å². The molecule has 0 fully saturated rings. The number of sulfonamides is 1. The minimum atomic E-state index is -3.55. The Morgan fingerprint density at radius 1 is 0.885 bits per heavy atom. The molecule has 0 bridgehead atoms. The molecule has 0 atom stereocenters. The topological polar surface area (TPSA) is 96.0 Å². The molecule has 0 saturated carbocycles. The van der Waals surface area contributed by atoms with Gasteiger partial charge in [0.15, 0.2) is 0 Å². The monoisotopic (exact) mass is 377 g/mol. The molecular formula is C18H27N5O2S. The van der Waals surface area contributed by atoms with Crippen molar-refractivity contribution in [3.63, 3.8) is 0 Å². The minimum absolute atomic E-state index is 0.259. The fourth-order valence-electron chi connectivity index (χ4n) is 2.97. The van der Waals surface area contributed by atoms with Gasteiger partial charge in [-0.1, -0.05) is 17.7 Å². The lowest BCUT2D eigenvalue weighted by atomic mass is 10.1. The molecule has 26 heavy (non-hydrogen) atoms. The van der Waals surface area contributed by atoms with E-state index in [1.54, 1.807) is 6.07 Å². The van der Waals surface area contributed by atoms with Gasteiger partial charge in [0, 0.05) is 25.7 Å². The van der Waals surface area contributed by atoms with Gasteiger partial charge in [0.1, 0.15) is 17.5 Å². The van der Waals surface area contributed by atoms with E-state index in [0.717, 1.165) is 29.1 Å². The second-order valence-corrected chi connectivity index (χ2v) is 7.97. The Labute approximate surface area is 155 Å². The first-order valence-corrected chi connectivity index (χ1v) is 10.1. The SMILES string of the molecule is CCNc1cc(NCCNS(=O)(=O)c2c(C)cc(C)cc2C)nc(C)n1. The summed E-state index contributed by atoms with van der Waals surface area (Å²) in [5.41, 5.74) is 2.56. The van der Waals surface area contributed by atoms with Crippen LogP contribution in [0.25, 0.3) is 0 Å². The van der Waals surface area contributed by atoms with E-state index in [9.17, 15) is 8.42 Å². The molecule has 0 aliphatic rings. The summed E-state index contributed by atoms with van der Waals surface area (Å²) in [6.07, 6.45) is 0. The molecule has 0 aliphatic carbocycles. The number of hydrogen-bond acceptors (Lipinski definition) is 6. The molecule has 8 heteroatoms. The average Bonchev–Trinajstić information content (AvgIpc) is 2.50. The maximum Gasteiger partial charge on any atom is 0.241 e. The van der Waals surface area contributed by atoms with Crippen molar-refractivity contribution in [1.29, 1.82) is 0 Å². The van der Waals surface area contributed by atoms with Crippen molar-refractivity contribution >= 4 is 21.7 Å². The standard InChI is InChI=1S/C18H27N5O2S/c1-6-19-16-11-17(23-15(5)22-16)20-7-8-21-26(24,25)18-13(3)9-12(2)10-14(18)4/h9-11,21H,6-8H2,1-5H3,(H2,19,20,22,23). The predicted molar refractivity (Wildman–Crippen MR) is 105 cm³/mol. The number of benzene rings is 1. The Kier molecular flexibility index (Phi) is 6.55. The highest BCUT2D eigenvalue weighted by molar-refractivity contribution is 7.89. The maximum absolute atomic E-state index is 12.6. The molecule has 0 aliphatic heterocycles. The first-order valence-electron chi connectivity index (χ1n) is 8.64. The van der Waals surface area contributed by atoms with E-state index in [-0.39, 0.29) is 6.54 Å². The summed E-state index contributed by atoms with van der Waals surface area (Å²) in [6.45, 7) is 10.9. The first kappa shape index (κ1) is 20.1. The molecule has 142 valence electrons. The van der Waals surface area contributed by atoms with Crippen molar-refractivity contribution in [3.8, 4) is 0 Å². The van der Waals surface area contributed by atoms with Gasteiger partial charge >= 0.3 is 0 Å². The van der Waals surface area contributed by atoms with E-state index >= 15 is 0 Å². The van der Waals surface area contributed by atoms with Crippen LogP contribution in [0.5, 0.6) is 0 Å². The Morgan fingerprint density at radius 3 is 2.04 bits per heavy atom. The molecule has 2 rings (SSSR count). The maximum atomic E-state index is 12.6. The molecule has 0 amide bonds. The molecule has 1 aromatic heterocycles. The zero-order chi connectivity index (χ0) is 19.3. The molecule has 1 heterocycles. The second kappa shape index (κ2) is 8.46. The van der Waals surface area contributed by atoms with Crippen LogP contribution in [0.4, 0.5) is 11.6 Å². The smallest absolute Gasteiger partial charge is 0.241 e. The van der Waals surface area contributed by atoms with Crippen LogP contribution in [0.15, 0.2) is 23.1 Å². The van der Waals surface area contributed by atoms with Gasteiger partial charge in [-0.3, -0.25) is 0 Å². The van der Waals surface area contributed by atoms with Gasteiger partial charge in [-0.2, -0.15) is 0 Å². The summed E-state index contributed by atoms with van der Waals surface area (Å²) in [5, 5.41) is 6.27. The zero-order valence-corrected chi connectivity index (χ0v) is 16.8. The zero-order valence-electron chi connectivity index (χ0n) is 16.0. The molecule has 0 spiro atoms. The summed E-state index contributed by atoms with van der Waals surface area (Å²) in [6, 6.07) is 5.57. The molecule has 1 aromatic carbocycles. The molecule has 2 aromatic rings. The molecule has 0 radical (unpaired) electrons. The van der Waals surface area contributed by atoms with E-state index < -0.39 is 10.0 Å². The highest BCUT2D eigenvalue weighted by atomic mass is 32.2. The number of anilines is 2. The second-order valence-electron chi connectivity index (χ2n) is 6.27. The summed E-state index contributed by atoms with van der Waals surface area (Å²) >= 11 is 0. The largest absolute Gasteiger partial charge is 0.370 e. The van der Waals surface area contributed by atoms with Crippen LogP contribution in [0.3, 0.4) is 0 Å². The normalized spacial score (nSPS) is 11.4. The van der Waals surface area contributed by atoms with Crippen molar-refractivity contribution in [1.82, 2.24) is 14.7 Å². The lowest BCUT2D eigenvalue weighted by Crippen LogP contribution is -2.30. The summed E-state index contributed by atoms with van der Waals surface area (Å²) in [7, 11) is -3.55. The molecular weight excluding hydrogens is 350 g/mol. The van der Waals surface area contributed by atoms with Crippen molar-refractivity contribution in [2.24, 2.45) is 0 Å². The van der Waals surface area contributed by atoms with Crippen LogP contribution in [0.2, 0.25) is 0 Å². The Morgan fingerprint density at radius 2 is 1.46 bits per heavy atom. The predicted octanol–water partition coefficient (Wildman–Crippen LogP) is 2.53.